The lowest BCUT2D eigenvalue weighted by molar-refractivity contribution is -0.114. The Morgan fingerprint density at radius 3 is 2.03 bits per heavy atom. The number of carbonyl (C=O) groups excluding carboxylic acids is 1. The molecule has 1 aliphatic rings. The molecule has 0 amide bonds. The van der Waals surface area contributed by atoms with Gasteiger partial charge in [-0.2, -0.15) is 0 Å². The van der Waals surface area contributed by atoms with Gasteiger partial charge in [-0.25, -0.2) is 0 Å². The van der Waals surface area contributed by atoms with Crippen molar-refractivity contribution in [3.05, 3.63) is 85.0 Å². The van der Waals surface area contributed by atoms with E-state index in [4.69, 9.17) is 4.43 Å². The van der Waals surface area contributed by atoms with Crippen LogP contribution in [0.1, 0.15) is 53.9 Å². The van der Waals surface area contributed by atoms with Crippen LogP contribution < -0.4 is 10.4 Å². The van der Waals surface area contributed by atoms with Gasteiger partial charge in [0.15, 0.2) is 5.78 Å². The highest BCUT2D eigenvalue weighted by molar-refractivity contribution is 6.99. The maximum absolute atomic E-state index is 12.3. The molecule has 2 unspecified atom stereocenters. The molecular weight excluding hydrogens is 420 g/mol. The zero-order valence-electron chi connectivity index (χ0n) is 21.0. The highest BCUT2D eigenvalue weighted by atomic mass is 28.4. The minimum Gasteiger partial charge on any atom is -0.407 e. The van der Waals surface area contributed by atoms with Crippen LogP contribution in [0.2, 0.25) is 5.04 Å². The summed E-state index contributed by atoms with van der Waals surface area (Å²) in [6, 6.07) is 21.6. The summed E-state index contributed by atoms with van der Waals surface area (Å²) in [5.74, 6) is 1.43. The fraction of sp³-hybridized carbons (Fsp3) is 0.433. The fourth-order valence-corrected chi connectivity index (χ4v) is 9.53. The van der Waals surface area contributed by atoms with Gasteiger partial charge in [0.25, 0.3) is 8.32 Å². The third kappa shape index (κ3) is 6.22. The lowest BCUT2D eigenvalue weighted by Crippen LogP contribution is -2.66. The average Bonchev–Trinajstić information content (AvgIpc) is 2.79. The molecule has 0 bridgehead atoms. The highest BCUT2D eigenvalue weighted by Gasteiger charge is 2.50. The van der Waals surface area contributed by atoms with Gasteiger partial charge in [-0.05, 0) is 46.2 Å². The quantitative estimate of drug-likeness (QED) is 0.373. The molecule has 2 atom stereocenters. The first kappa shape index (κ1) is 25.4. The van der Waals surface area contributed by atoms with Gasteiger partial charge in [0, 0.05) is 18.9 Å². The molecular formula is C30H40O2Si. The van der Waals surface area contributed by atoms with Gasteiger partial charge in [-0.1, -0.05) is 114 Å². The molecule has 0 aliphatic heterocycles. The van der Waals surface area contributed by atoms with Crippen LogP contribution in [0.4, 0.5) is 0 Å². The zero-order chi connectivity index (χ0) is 23.9. The summed E-state index contributed by atoms with van der Waals surface area (Å²) in [6.45, 7) is 12.1. The molecule has 0 aromatic heterocycles. The topological polar surface area (TPSA) is 26.3 Å². The Balaban J connectivity index is 1.98. The molecule has 3 heteroatoms. The van der Waals surface area contributed by atoms with Gasteiger partial charge >= 0.3 is 0 Å². The molecule has 0 saturated heterocycles. The predicted molar refractivity (Wildman–Crippen MR) is 143 cm³/mol. The van der Waals surface area contributed by atoms with Crippen LogP contribution in [-0.2, 0) is 9.22 Å². The largest absolute Gasteiger partial charge is 0.407 e. The van der Waals surface area contributed by atoms with E-state index in [9.17, 15) is 4.79 Å². The molecule has 0 radical (unpaired) electrons. The summed E-state index contributed by atoms with van der Waals surface area (Å²) in [5, 5.41) is 2.57. The summed E-state index contributed by atoms with van der Waals surface area (Å²) < 4.78 is 7.17. The number of benzene rings is 2. The lowest BCUT2D eigenvalue weighted by atomic mass is 9.88. The van der Waals surface area contributed by atoms with Crippen molar-refractivity contribution in [3.63, 3.8) is 0 Å². The highest BCUT2D eigenvalue weighted by Crippen LogP contribution is 2.37. The second kappa shape index (κ2) is 11.3. The maximum Gasteiger partial charge on any atom is 0.261 e. The molecule has 0 N–H and O–H groups in total. The van der Waals surface area contributed by atoms with Crippen molar-refractivity contribution < 1.29 is 9.22 Å². The van der Waals surface area contributed by atoms with Gasteiger partial charge in [0.1, 0.15) is 0 Å². The monoisotopic (exact) mass is 460 g/mol. The van der Waals surface area contributed by atoms with E-state index in [0.717, 1.165) is 12.8 Å². The molecule has 2 aromatic rings. The third-order valence-electron chi connectivity index (χ3n) is 6.88. The van der Waals surface area contributed by atoms with Crippen molar-refractivity contribution >= 4 is 24.5 Å². The molecule has 0 spiro atoms. The number of hydrogen-bond donors (Lipinski definition) is 0. The molecule has 176 valence electrons. The van der Waals surface area contributed by atoms with Crippen molar-refractivity contribution in [1.29, 1.82) is 0 Å². The van der Waals surface area contributed by atoms with Gasteiger partial charge in [-0.3, -0.25) is 4.79 Å². The summed E-state index contributed by atoms with van der Waals surface area (Å²) in [4.78, 5) is 12.3. The number of allylic oxidation sites excluding steroid dienone is 3. The van der Waals surface area contributed by atoms with Crippen LogP contribution in [0.25, 0.3) is 0 Å². The maximum atomic E-state index is 12.3. The van der Waals surface area contributed by atoms with Gasteiger partial charge in [-0.15, -0.1) is 0 Å². The number of ketones is 1. The molecule has 3 rings (SSSR count). The Morgan fingerprint density at radius 2 is 1.52 bits per heavy atom. The zero-order valence-corrected chi connectivity index (χ0v) is 22.0. The van der Waals surface area contributed by atoms with Crippen molar-refractivity contribution in [2.75, 3.05) is 6.61 Å². The van der Waals surface area contributed by atoms with Crippen molar-refractivity contribution in [1.82, 2.24) is 0 Å². The lowest BCUT2D eigenvalue weighted by Gasteiger charge is -2.43. The Labute approximate surface area is 201 Å². The Kier molecular flexibility index (Phi) is 8.67. The molecule has 33 heavy (non-hydrogen) atoms. The van der Waals surface area contributed by atoms with Crippen LogP contribution in [0.15, 0.2) is 85.0 Å². The first-order chi connectivity index (χ1) is 15.7. The van der Waals surface area contributed by atoms with Crippen LogP contribution in [-0.4, -0.2) is 20.7 Å². The summed E-state index contributed by atoms with van der Waals surface area (Å²) in [7, 11) is -2.56. The number of rotatable bonds is 6. The number of hydrogen-bond acceptors (Lipinski definition) is 2. The fourth-order valence-electron chi connectivity index (χ4n) is 4.91. The van der Waals surface area contributed by atoms with Crippen LogP contribution in [0, 0.1) is 17.8 Å². The van der Waals surface area contributed by atoms with Crippen molar-refractivity contribution in [2.24, 2.45) is 17.8 Å². The van der Waals surface area contributed by atoms with Crippen molar-refractivity contribution in [2.45, 2.75) is 58.9 Å². The van der Waals surface area contributed by atoms with E-state index in [0.29, 0.717) is 24.9 Å². The SMILES string of the molecule is CC(C)C1C=CC(CO[Si](c2ccccc2)(c2ccccc2)C(C)(C)C)CC=CC(=O)CC1. The third-order valence-corrected chi connectivity index (χ3v) is 11.9. The van der Waals surface area contributed by atoms with Gasteiger partial charge < -0.3 is 4.43 Å². The van der Waals surface area contributed by atoms with E-state index in [1.807, 2.05) is 6.08 Å². The average molecular weight is 461 g/mol. The number of carbonyl (C=O) groups is 1. The van der Waals surface area contributed by atoms with Crippen LogP contribution >= 0.6 is 0 Å². The molecule has 0 saturated carbocycles. The molecule has 2 aromatic carbocycles. The Bertz CT molecular complexity index is 899. The summed E-state index contributed by atoms with van der Waals surface area (Å²) >= 11 is 0. The normalized spacial score (nSPS) is 20.2. The minimum absolute atomic E-state index is 0.0400. The van der Waals surface area contributed by atoms with Crippen molar-refractivity contribution in [3.8, 4) is 0 Å². The van der Waals surface area contributed by atoms with E-state index in [1.54, 1.807) is 6.08 Å². The Hall–Kier alpha value is -2.23. The van der Waals surface area contributed by atoms with E-state index in [1.165, 1.54) is 10.4 Å². The summed E-state index contributed by atoms with van der Waals surface area (Å²) in [5.41, 5.74) is 0. The van der Waals surface area contributed by atoms with E-state index in [-0.39, 0.29) is 16.7 Å². The van der Waals surface area contributed by atoms with Gasteiger partial charge in [0.2, 0.25) is 0 Å². The van der Waals surface area contributed by atoms with E-state index in [2.05, 4.69) is 107 Å². The van der Waals surface area contributed by atoms with Crippen LogP contribution in [0.3, 0.4) is 0 Å². The van der Waals surface area contributed by atoms with Gasteiger partial charge in [0.05, 0.1) is 0 Å². The first-order valence-corrected chi connectivity index (χ1v) is 14.3. The smallest absolute Gasteiger partial charge is 0.261 e. The first-order valence-electron chi connectivity index (χ1n) is 12.4. The molecule has 2 nitrogen and oxygen atoms in total. The molecule has 1 aliphatic carbocycles. The second-order valence-corrected chi connectivity index (χ2v) is 15.0. The Morgan fingerprint density at radius 1 is 0.939 bits per heavy atom. The predicted octanol–water partition coefficient (Wildman–Crippen LogP) is 6.32. The molecule has 0 fully saturated rings. The standard InChI is InChI=1S/C30H40O2Si/c1-24(2)26-20-19-25(13-12-14-27(31)22-21-26)23-32-33(30(3,4)5,28-15-8-6-9-16-28)29-17-10-7-11-18-29/h6-12,14-20,24-26H,13,21-23H2,1-5H3. The molecule has 0 heterocycles. The summed E-state index contributed by atoms with van der Waals surface area (Å²) in [6.07, 6.45) is 10.9. The second-order valence-electron chi connectivity index (χ2n) is 10.7. The minimum atomic E-state index is -2.56. The van der Waals surface area contributed by atoms with E-state index < -0.39 is 8.32 Å². The van der Waals surface area contributed by atoms with E-state index >= 15 is 0 Å². The van der Waals surface area contributed by atoms with Crippen LogP contribution in [0.5, 0.6) is 0 Å².